The summed E-state index contributed by atoms with van der Waals surface area (Å²) in [5.74, 6) is -1.84. The summed E-state index contributed by atoms with van der Waals surface area (Å²) < 4.78 is 25.8. The molecule has 0 aliphatic carbocycles. The second-order valence-corrected chi connectivity index (χ2v) is 5.48. The summed E-state index contributed by atoms with van der Waals surface area (Å²) in [4.78, 5) is 16.3. The van der Waals surface area contributed by atoms with Crippen LogP contribution in [0.3, 0.4) is 0 Å². The van der Waals surface area contributed by atoms with Crippen molar-refractivity contribution in [1.82, 2.24) is 10.3 Å². The molecule has 1 atom stereocenters. The van der Waals surface area contributed by atoms with Crippen molar-refractivity contribution in [1.29, 1.82) is 0 Å². The van der Waals surface area contributed by atoms with Crippen LogP contribution in [0.4, 0.5) is 8.78 Å². The van der Waals surface area contributed by atoms with Crippen molar-refractivity contribution in [3.8, 4) is 0 Å². The van der Waals surface area contributed by atoms with Gasteiger partial charge in [0, 0.05) is 17.3 Å². The number of benzene rings is 1. The fourth-order valence-electron chi connectivity index (χ4n) is 1.73. The Labute approximate surface area is 125 Å². The van der Waals surface area contributed by atoms with Gasteiger partial charge in [-0.1, -0.05) is 0 Å². The Kier molecular flexibility index (Phi) is 5.27. The maximum Gasteiger partial charge on any atom is 0.230 e. The van der Waals surface area contributed by atoms with Crippen LogP contribution in [0.1, 0.15) is 18.5 Å². The topological polar surface area (TPSA) is 42.0 Å². The Hall–Kier alpha value is -1.95. The van der Waals surface area contributed by atoms with E-state index < -0.39 is 11.6 Å². The highest BCUT2D eigenvalue weighted by atomic mass is 32.2. The summed E-state index contributed by atoms with van der Waals surface area (Å²) in [6.07, 6.45) is 3.32. The third kappa shape index (κ3) is 4.53. The number of carbonyl (C=O) groups excluding carboxylic acids is 1. The van der Waals surface area contributed by atoms with Crippen LogP contribution in [0.15, 0.2) is 47.6 Å². The van der Waals surface area contributed by atoms with Gasteiger partial charge in [0.25, 0.3) is 0 Å². The molecule has 1 amide bonds. The maximum atomic E-state index is 13.0. The molecule has 1 N–H and O–H groups in total. The number of aromatic nitrogens is 1. The number of halogens is 2. The lowest BCUT2D eigenvalue weighted by molar-refractivity contribution is -0.119. The van der Waals surface area contributed by atoms with E-state index in [2.05, 4.69) is 10.3 Å². The lowest BCUT2D eigenvalue weighted by atomic mass is 10.1. The van der Waals surface area contributed by atoms with Gasteiger partial charge < -0.3 is 5.32 Å². The molecule has 0 saturated carbocycles. The largest absolute Gasteiger partial charge is 0.349 e. The zero-order chi connectivity index (χ0) is 15.2. The van der Waals surface area contributed by atoms with Crippen LogP contribution in [0.25, 0.3) is 0 Å². The number of hydrogen-bond acceptors (Lipinski definition) is 3. The molecule has 2 rings (SSSR count). The third-order valence-corrected chi connectivity index (χ3v) is 3.84. The van der Waals surface area contributed by atoms with E-state index in [1.807, 2.05) is 19.1 Å². The fraction of sp³-hybridized carbons (Fsp3) is 0.200. The average molecular weight is 308 g/mol. The number of nitrogens with zero attached hydrogens (tertiary/aromatic N) is 1. The molecule has 110 valence electrons. The van der Waals surface area contributed by atoms with Crippen LogP contribution < -0.4 is 5.32 Å². The van der Waals surface area contributed by atoms with Gasteiger partial charge in [-0.3, -0.25) is 9.78 Å². The summed E-state index contributed by atoms with van der Waals surface area (Å²) in [6.45, 7) is 1.87. The van der Waals surface area contributed by atoms with Crippen LogP contribution in [0.5, 0.6) is 0 Å². The van der Waals surface area contributed by atoms with Gasteiger partial charge in [-0.05, 0) is 42.8 Å². The molecule has 6 heteroatoms. The van der Waals surface area contributed by atoms with Crippen molar-refractivity contribution >= 4 is 17.7 Å². The normalized spacial score (nSPS) is 12.0. The Morgan fingerprint density at radius 3 is 2.62 bits per heavy atom. The molecule has 1 aromatic heterocycles. The molecule has 1 unspecified atom stereocenters. The van der Waals surface area contributed by atoms with E-state index in [0.29, 0.717) is 4.90 Å². The Morgan fingerprint density at radius 2 is 1.95 bits per heavy atom. The molecule has 2 aromatic rings. The van der Waals surface area contributed by atoms with Crippen LogP contribution in [0.2, 0.25) is 0 Å². The standard InChI is InChI=1S/C15H14F2N2OS/c1-10(11-4-6-18-7-5-11)19-15(20)9-21-12-2-3-13(16)14(17)8-12/h2-8,10H,9H2,1H3,(H,19,20). The first kappa shape index (κ1) is 15.4. The van der Waals surface area contributed by atoms with E-state index in [0.717, 1.165) is 29.5 Å². The highest BCUT2D eigenvalue weighted by molar-refractivity contribution is 8.00. The zero-order valence-electron chi connectivity index (χ0n) is 11.3. The molecule has 0 aliphatic rings. The minimum Gasteiger partial charge on any atom is -0.349 e. The van der Waals surface area contributed by atoms with Crippen molar-refractivity contribution < 1.29 is 13.6 Å². The molecule has 1 aromatic carbocycles. The lowest BCUT2D eigenvalue weighted by Crippen LogP contribution is -2.28. The van der Waals surface area contributed by atoms with Gasteiger partial charge in [-0.25, -0.2) is 8.78 Å². The van der Waals surface area contributed by atoms with Gasteiger partial charge in [0.2, 0.25) is 5.91 Å². The number of pyridine rings is 1. The van der Waals surface area contributed by atoms with E-state index in [1.165, 1.54) is 6.07 Å². The van der Waals surface area contributed by atoms with E-state index in [9.17, 15) is 13.6 Å². The van der Waals surface area contributed by atoms with Crippen molar-refractivity contribution in [2.24, 2.45) is 0 Å². The molecule has 21 heavy (non-hydrogen) atoms. The van der Waals surface area contributed by atoms with E-state index in [1.54, 1.807) is 12.4 Å². The molecule has 0 spiro atoms. The number of nitrogens with one attached hydrogen (secondary N) is 1. The van der Waals surface area contributed by atoms with Crippen molar-refractivity contribution in [3.63, 3.8) is 0 Å². The zero-order valence-corrected chi connectivity index (χ0v) is 12.2. The monoisotopic (exact) mass is 308 g/mol. The first-order chi connectivity index (χ1) is 10.1. The smallest absolute Gasteiger partial charge is 0.230 e. The molecular weight excluding hydrogens is 294 g/mol. The quantitative estimate of drug-likeness (QED) is 0.862. The second kappa shape index (κ2) is 7.17. The van der Waals surface area contributed by atoms with E-state index >= 15 is 0 Å². The number of thioether (sulfide) groups is 1. The fourth-order valence-corrected chi connectivity index (χ4v) is 2.47. The van der Waals surface area contributed by atoms with Gasteiger partial charge >= 0.3 is 0 Å². The van der Waals surface area contributed by atoms with Crippen molar-refractivity contribution in [3.05, 3.63) is 59.9 Å². The van der Waals surface area contributed by atoms with E-state index in [-0.39, 0.29) is 17.7 Å². The van der Waals surface area contributed by atoms with Gasteiger partial charge in [-0.15, -0.1) is 11.8 Å². The average Bonchev–Trinajstić information content (AvgIpc) is 2.49. The van der Waals surface area contributed by atoms with Gasteiger partial charge in [0.15, 0.2) is 11.6 Å². The summed E-state index contributed by atoms with van der Waals surface area (Å²) in [5.41, 5.74) is 0.955. The van der Waals surface area contributed by atoms with E-state index in [4.69, 9.17) is 0 Å². The Balaban J connectivity index is 1.86. The molecule has 0 bridgehead atoms. The lowest BCUT2D eigenvalue weighted by Gasteiger charge is -2.13. The molecule has 0 aliphatic heterocycles. The highest BCUT2D eigenvalue weighted by Crippen LogP contribution is 2.20. The number of carbonyl (C=O) groups is 1. The van der Waals surface area contributed by atoms with Gasteiger partial charge in [0.05, 0.1) is 11.8 Å². The maximum absolute atomic E-state index is 13.0. The Morgan fingerprint density at radius 1 is 1.24 bits per heavy atom. The van der Waals surface area contributed by atoms with Gasteiger partial charge in [-0.2, -0.15) is 0 Å². The summed E-state index contributed by atoms with van der Waals surface area (Å²) in [6, 6.07) is 7.10. The second-order valence-electron chi connectivity index (χ2n) is 4.43. The van der Waals surface area contributed by atoms with Crippen LogP contribution in [-0.4, -0.2) is 16.6 Å². The summed E-state index contributed by atoms with van der Waals surface area (Å²) in [5, 5.41) is 2.84. The van der Waals surface area contributed by atoms with Crippen LogP contribution >= 0.6 is 11.8 Å². The molecular formula is C15H14F2N2OS. The molecule has 3 nitrogen and oxygen atoms in total. The van der Waals surface area contributed by atoms with Crippen molar-refractivity contribution in [2.75, 3.05) is 5.75 Å². The van der Waals surface area contributed by atoms with Crippen molar-refractivity contribution in [2.45, 2.75) is 17.9 Å². The molecule has 1 heterocycles. The minimum absolute atomic E-state index is 0.133. The summed E-state index contributed by atoms with van der Waals surface area (Å²) in [7, 11) is 0. The summed E-state index contributed by atoms with van der Waals surface area (Å²) >= 11 is 1.16. The predicted molar refractivity (Wildman–Crippen MR) is 77.9 cm³/mol. The molecule has 0 fully saturated rings. The first-order valence-corrected chi connectivity index (χ1v) is 7.32. The number of rotatable bonds is 5. The van der Waals surface area contributed by atoms with Crippen LogP contribution in [-0.2, 0) is 4.79 Å². The first-order valence-electron chi connectivity index (χ1n) is 6.33. The number of hydrogen-bond donors (Lipinski definition) is 1. The molecule has 0 radical (unpaired) electrons. The van der Waals surface area contributed by atoms with Gasteiger partial charge in [0.1, 0.15) is 0 Å². The number of amides is 1. The highest BCUT2D eigenvalue weighted by Gasteiger charge is 2.10. The minimum atomic E-state index is -0.912. The Bertz CT molecular complexity index is 622. The molecule has 0 saturated heterocycles. The van der Waals surface area contributed by atoms with Crippen LogP contribution in [0, 0.1) is 11.6 Å². The SMILES string of the molecule is CC(NC(=O)CSc1ccc(F)c(F)c1)c1ccncc1. The third-order valence-electron chi connectivity index (χ3n) is 2.84. The predicted octanol–water partition coefficient (Wildman–Crippen LogP) is 3.33.